The lowest BCUT2D eigenvalue weighted by atomic mass is 10.2. The van der Waals surface area contributed by atoms with Crippen molar-refractivity contribution in [1.29, 1.82) is 0 Å². The van der Waals surface area contributed by atoms with Crippen LogP contribution in [0.1, 0.15) is 17.4 Å². The number of furan rings is 1. The maximum Gasteiger partial charge on any atom is 0.332 e. The Morgan fingerprint density at radius 2 is 2.07 bits per heavy atom. The second-order valence-electron chi connectivity index (χ2n) is 5.60. The number of ether oxygens (including phenoxy) is 1. The van der Waals surface area contributed by atoms with Crippen LogP contribution in [-0.2, 0) is 0 Å². The van der Waals surface area contributed by atoms with Crippen LogP contribution in [-0.4, -0.2) is 32.0 Å². The molecule has 0 saturated carbocycles. The van der Waals surface area contributed by atoms with Gasteiger partial charge in [-0.1, -0.05) is 12.1 Å². The Bertz CT molecular complexity index is 1190. The molecular weight excluding hydrogens is 350 g/mol. The monoisotopic (exact) mass is 365 g/mol. The number of nitrogens with zero attached hydrogens (tertiary/aromatic N) is 3. The lowest BCUT2D eigenvalue weighted by Crippen LogP contribution is -2.16. The maximum atomic E-state index is 12.7. The summed E-state index contributed by atoms with van der Waals surface area (Å²) in [6.07, 6.45) is 1.46. The highest BCUT2D eigenvalue weighted by molar-refractivity contribution is 6.02. The van der Waals surface area contributed by atoms with Gasteiger partial charge in [0.25, 0.3) is 5.91 Å². The van der Waals surface area contributed by atoms with Crippen molar-refractivity contribution in [2.24, 2.45) is 5.73 Å². The van der Waals surface area contributed by atoms with Crippen molar-refractivity contribution in [2.45, 2.75) is 6.92 Å². The zero-order valence-corrected chi connectivity index (χ0v) is 14.3. The first-order chi connectivity index (χ1) is 13.1. The minimum Gasteiger partial charge on any atom is -0.492 e. The Kier molecular flexibility index (Phi) is 3.96. The number of H-pyrrole nitrogens is 1. The summed E-state index contributed by atoms with van der Waals surface area (Å²) in [6, 6.07) is 10.3. The van der Waals surface area contributed by atoms with E-state index in [1.54, 1.807) is 36.4 Å². The van der Waals surface area contributed by atoms with Crippen molar-refractivity contribution in [3.63, 3.8) is 0 Å². The average molecular weight is 365 g/mol. The second-order valence-corrected chi connectivity index (χ2v) is 5.60. The fraction of sp³-hybridized carbons (Fsp3) is 0.111. The number of aromatic nitrogens is 4. The molecule has 1 amide bonds. The van der Waals surface area contributed by atoms with Gasteiger partial charge in [-0.15, -0.1) is 0 Å². The molecule has 3 N–H and O–H groups in total. The van der Waals surface area contributed by atoms with Gasteiger partial charge in [0.15, 0.2) is 22.9 Å². The van der Waals surface area contributed by atoms with Crippen LogP contribution in [0, 0.1) is 0 Å². The van der Waals surface area contributed by atoms with Crippen LogP contribution < -0.4 is 16.2 Å². The van der Waals surface area contributed by atoms with Crippen LogP contribution in [0.3, 0.4) is 0 Å². The fourth-order valence-corrected chi connectivity index (χ4v) is 2.82. The first kappa shape index (κ1) is 16.6. The molecule has 3 heterocycles. The number of hydrogen-bond acceptors (Lipinski definition) is 6. The Hall–Kier alpha value is -3.88. The summed E-state index contributed by atoms with van der Waals surface area (Å²) in [4.78, 5) is 35.8. The molecule has 0 fully saturated rings. The zero-order valence-electron chi connectivity index (χ0n) is 14.3. The van der Waals surface area contributed by atoms with Gasteiger partial charge in [-0.2, -0.15) is 0 Å². The molecule has 4 rings (SSSR count). The number of primary amides is 1. The number of fused-ring (bicyclic) bond motifs is 1. The van der Waals surface area contributed by atoms with Crippen molar-refractivity contribution in [3.05, 3.63) is 58.8 Å². The van der Waals surface area contributed by atoms with E-state index < -0.39 is 11.6 Å². The molecule has 0 bridgehead atoms. The second kappa shape index (κ2) is 6.45. The van der Waals surface area contributed by atoms with Gasteiger partial charge in [0.05, 0.1) is 18.6 Å². The number of imidazole rings is 1. The van der Waals surface area contributed by atoms with E-state index in [-0.39, 0.29) is 22.7 Å². The molecule has 0 saturated heterocycles. The minimum absolute atomic E-state index is 0.101. The molecule has 0 atom stereocenters. The Balaban J connectivity index is 2.07. The summed E-state index contributed by atoms with van der Waals surface area (Å²) in [6.45, 7) is 2.27. The molecule has 0 unspecified atom stereocenters. The molecule has 3 aromatic heterocycles. The third-order valence-corrected chi connectivity index (χ3v) is 3.92. The Morgan fingerprint density at radius 3 is 2.78 bits per heavy atom. The highest BCUT2D eigenvalue weighted by Crippen LogP contribution is 2.26. The number of para-hydroxylation sites is 2. The third kappa shape index (κ3) is 2.74. The van der Waals surface area contributed by atoms with Crippen molar-refractivity contribution < 1.29 is 13.9 Å². The topological polar surface area (TPSA) is 129 Å². The standard InChI is InChI=1S/C18H15N5O4/c1-2-26-11-7-4-3-6-10(11)23-17-14(21-18(23)25)13(15(19)24)20-16(22-17)12-8-5-9-27-12/h3-9H,2H2,1H3,(H2,19,24)(H,21,25). The number of nitrogens with one attached hydrogen (secondary N) is 1. The van der Waals surface area contributed by atoms with Crippen LogP contribution in [0.15, 0.2) is 51.9 Å². The first-order valence-corrected chi connectivity index (χ1v) is 8.18. The number of benzene rings is 1. The number of amides is 1. The maximum absolute atomic E-state index is 12.7. The fourth-order valence-electron chi connectivity index (χ4n) is 2.82. The van der Waals surface area contributed by atoms with Crippen LogP contribution in [0.2, 0.25) is 0 Å². The summed E-state index contributed by atoms with van der Waals surface area (Å²) < 4.78 is 12.3. The van der Waals surface area contributed by atoms with E-state index in [2.05, 4.69) is 15.0 Å². The van der Waals surface area contributed by atoms with Crippen molar-refractivity contribution in [3.8, 4) is 23.0 Å². The Labute approximate surface area is 152 Å². The van der Waals surface area contributed by atoms with E-state index in [1.165, 1.54) is 10.8 Å². The highest BCUT2D eigenvalue weighted by Gasteiger charge is 2.22. The van der Waals surface area contributed by atoms with E-state index in [1.807, 2.05) is 6.92 Å². The van der Waals surface area contributed by atoms with Crippen LogP contribution in [0.25, 0.3) is 28.4 Å². The number of nitrogens with two attached hydrogens (primary N) is 1. The van der Waals surface area contributed by atoms with Gasteiger partial charge < -0.3 is 19.9 Å². The molecule has 9 nitrogen and oxygen atoms in total. The van der Waals surface area contributed by atoms with Gasteiger partial charge in [0.1, 0.15) is 11.3 Å². The number of aromatic amines is 1. The predicted molar refractivity (Wildman–Crippen MR) is 96.9 cm³/mol. The molecule has 0 spiro atoms. The number of hydrogen-bond donors (Lipinski definition) is 2. The molecule has 27 heavy (non-hydrogen) atoms. The zero-order chi connectivity index (χ0) is 19.0. The van der Waals surface area contributed by atoms with Crippen LogP contribution in [0.4, 0.5) is 0 Å². The van der Waals surface area contributed by atoms with Gasteiger partial charge in [-0.05, 0) is 31.2 Å². The molecule has 0 aliphatic rings. The summed E-state index contributed by atoms with van der Waals surface area (Å²) >= 11 is 0. The van der Waals surface area contributed by atoms with Gasteiger partial charge >= 0.3 is 5.69 Å². The average Bonchev–Trinajstić information content (AvgIpc) is 3.29. The van der Waals surface area contributed by atoms with E-state index in [0.29, 0.717) is 23.8 Å². The number of rotatable bonds is 5. The van der Waals surface area contributed by atoms with Gasteiger partial charge in [-0.25, -0.2) is 19.3 Å². The lowest BCUT2D eigenvalue weighted by molar-refractivity contribution is 0.0997. The normalized spacial score (nSPS) is 11.0. The van der Waals surface area contributed by atoms with Crippen LogP contribution in [0.5, 0.6) is 5.75 Å². The first-order valence-electron chi connectivity index (χ1n) is 8.18. The quantitative estimate of drug-likeness (QED) is 0.555. The molecule has 0 aliphatic carbocycles. The Morgan fingerprint density at radius 1 is 1.26 bits per heavy atom. The van der Waals surface area contributed by atoms with E-state index in [0.717, 1.165) is 0 Å². The minimum atomic E-state index is -0.790. The molecular formula is C18H15N5O4. The molecule has 4 aromatic rings. The van der Waals surface area contributed by atoms with Crippen molar-refractivity contribution >= 4 is 17.1 Å². The highest BCUT2D eigenvalue weighted by atomic mass is 16.5. The molecule has 136 valence electrons. The molecule has 0 radical (unpaired) electrons. The van der Waals surface area contributed by atoms with E-state index >= 15 is 0 Å². The van der Waals surface area contributed by atoms with Gasteiger partial charge in [0, 0.05) is 0 Å². The van der Waals surface area contributed by atoms with Gasteiger partial charge in [0.2, 0.25) is 0 Å². The summed E-state index contributed by atoms with van der Waals surface area (Å²) in [5, 5.41) is 0. The third-order valence-electron chi connectivity index (χ3n) is 3.92. The predicted octanol–water partition coefficient (Wildman–Crippen LogP) is 1.87. The molecule has 0 aliphatic heterocycles. The lowest BCUT2D eigenvalue weighted by Gasteiger charge is -2.10. The smallest absolute Gasteiger partial charge is 0.332 e. The summed E-state index contributed by atoms with van der Waals surface area (Å²) in [5.41, 5.74) is 5.69. The van der Waals surface area contributed by atoms with E-state index in [4.69, 9.17) is 14.9 Å². The van der Waals surface area contributed by atoms with E-state index in [9.17, 15) is 9.59 Å². The van der Waals surface area contributed by atoms with Crippen molar-refractivity contribution in [2.75, 3.05) is 6.61 Å². The molecule has 9 heteroatoms. The van der Waals surface area contributed by atoms with Crippen LogP contribution >= 0.6 is 0 Å². The summed E-state index contributed by atoms with van der Waals surface area (Å²) in [5.74, 6) is 0.198. The van der Waals surface area contributed by atoms with Crippen molar-refractivity contribution in [1.82, 2.24) is 19.5 Å². The SMILES string of the molecule is CCOc1ccccc1-n1c(=O)[nH]c2c(C(N)=O)nc(-c3ccco3)nc21. The largest absolute Gasteiger partial charge is 0.492 e. The summed E-state index contributed by atoms with van der Waals surface area (Å²) in [7, 11) is 0. The number of carbonyl (C=O) groups is 1. The number of carbonyl (C=O) groups excluding carboxylic acids is 1. The van der Waals surface area contributed by atoms with Gasteiger partial charge in [-0.3, -0.25) is 4.79 Å². The molecule has 1 aromatic carbocycles.